The van der Waals surface area contributed by atoms with E-state index in [4.69, 9.17) is 11.6 Å². The highest BCUT2D eigenvalue weighted by molar-refractivity contribution is 6.18. The standard InChI is InChI=1S/C15H24ClN/c1-3-7-13(2)12-17-15(11-16)10-14-8-5-4-6-9-14/h4-6,8-9,13,15,17H,3,7,10-12H2,1-2H3. The lowest BCUT2D eigenvalue weighted by molar-refractivity contribution is 0.438. The van der Waals surface area contributed by atoms with Crippen LogP contribution >= 0.6 is 11.6 Å². The molecule has 0 bridgehead atoms. The summed E-state index contributed by atoms with van der Waals surface area (Å²) in [5, 5.41) is 3.57. The number of rotatable bonds is 8. The van der Waals surface area contributed by atoms with Crippen LogP contribution < -0.4 is 5.32 Å². The van der Waals surface area contributed by atoms with Gasteiger partial charge in [-0.25, -0.2) is 0 Å². The predicted octanol–water partition coefficient (Wildman–Crippen LogP) is 3.86. The highest BCUT2D eigenvalue weighted by atomic mass is 35.5. The van der Waals surface area contributed by atoms with Gasteiger partial charge in [0, 0.05) is 11.9 Å². The topological polar surface area (TPSA) is 12.0 Å². The average Bonchev–Trinajstić information content (AvgIpc) is 2.36. The molecule has 0 spiro atoms. The minimum atomic E-state index is 0.387. The fourth-order valence-corrected chi connectivity index (χ4v) is 2.26. The summed E-state index contributed by atoms with van der Waals surface area (Å²) in [5.74, 6) is 1.41. The van der Waals surface area contributed by atoms with E-state index in [1.165, 1.54) is 18.4 Å². The van der Waals surface area contributed by atoms with Crippen molar-refractivity contribution in [2.45, 2.75) is 39.2 Å². The Kier molecular flexibility index (Phi) is 7.30. The van der Waals surface area contributed by atoms with Gasteiger partial charge in [-0.05, 0) is 30.9 Å². The van der Waals surface area contributed by atoms with E-state index in [0.29, 0.717) is 11.9 Å². The molecule has 0 aliphatic rings. The first kappa shape index (κ1) is 14.5. The van der Waals surface area contributed by atoms with Gasteiger partial charge in [0.2, 0.25) is 0 Å². The zero-order valence-corrected chi connectivity index (χ0v) is 11.7. The Morgan fingerprint density at radius 1 is 1.24 bits per heavy atom. The van der Waals surface area contributed by atoms with Gasteiger partial charge in [-0.3, -0.25) is 0 Å². The monoisotopic (exact) mass is 253 g/mol. The maximum absolute atomic E-state index is 6.02. The van der Waals surface area contributed by atoms with Crippen LogP contribution in [0.25, 0.3) is 0 Å². The lowest BCUT2D eigenvalue weighted by Gasteiger charge is -2.19. The number of nitrogens with one attached hydrogen (secondary N) is 1. The summed E-state index contributed by atoms with van der Waals surface area (Å²) in [6.07, 6.45) is 3.56. The van der Waals surface area contributed by atoms with Crippen molar-refractivity contribution >= 4 is 11.6 Å². The molecule has 1 N–H and O–H groups in total. The van der Waals surface area contributed by atoms with Crippen molar-refractivity contribution in [3.05, 3.63) is 35.9 Å². The first-order valence-corrected chi connectivity index (χ1v) is 7.13. The molecule has 0 saturated heterocycles. The van der Waals surface area contributed by atoms with Gasteiger partial charge in [0.15, 0.2) is 0 Å². The maximum Gasteiger partial charge on any atom is 0.0380 e. The second-order valence-electron chi connectivity index (χ2n) is 4.84. The molecule has 0 amide bonds. The summed E-state index contributed by atoms with van der Waals surface area (Å²) < 4.78 is 0. The molecule has 0 radical (unpaired) electrons. The van der Waals surface area contributed by atoms with Crippen LogP contribution in [0.3, 0.4) is 0 Å². The third-order valence-corrected chi connectivity index (χ3v) is 3.42. The lowest BCUT2D eigenvalue weighted by atomic mass is 10.0. The van der Waals surface area contributed by atoms with Crippen molar-refractivity contribution in [2.75, 3.05) is 12.4 Å². The smallest absolute Gasteiger partial charge is 0.0380 e. The summed E-state index contributed by atoms with van der Waals surface area (Å²) in [4.78, 5) is 0. The van der Waals surface area contributed by atoms with Crippen molar-refractivity contribution in [1.29, 1.82) is 0 Å². The van der Waals surface area contributed by atoms with Gasteiger partial charge in [0.05, 0.1) is 0 Å². The van der Waals surface area contributed by atoms with E-state index in [2.05, 4.69) is 49.5 Å². The van der Waals surface area contributed by atoms with Crippen LogP contribution in [0.4, 0.5) is 0 Å². The minimum absolute atomic E-state index is 0.387. The Morgan fingerprint density at radius 3 is 2.53 bits per heavy atom. The van der Waals surface area contributed by atoms with E-state index in [1.54, 1.807) is 0 Å². The Labute approximate surface area is 111 Å². The molecule has 0 saturated carbocycles. The van der Waals surface area contributed by atoms with Crippen LogP contribution in [0, 0.1) is 5.92 Å². The number of hydrogen-bond acceptors (Lipinski definition) is 1. The molecule has 17 heavy (non-hydrogen) atoms. The van der Waals surface area contributed by atoms with E-state index >= 15 is 0 Å². The molecule has 1 aromatic carbocycles. The quantitative estimate of drug-likeness (QED) is 0.694. The fourth-order valence-electron chi connectivity index (χ4n) is 2.04. The van der Waals surface area contributed by atoms with E-state index in [0.717, 1.165) is 18.9 Å². The summed E-state index contributed by atoms with van der Waals surface area (Å²) in [5.41, 5.74) is 1.36. The second kappa shape index (κ2) is 8.54. The van der Waals surface area contributed by atoms with Gasteiger partial charge in [-0.15, -0.1) is 11.6 Å². The number of hydrogen-bond donors (Lipinski definition) is 1. The van der Waals surface area contributed by atoms with Crippen molar-refractivity contribution in [2.24, 2.45) is 5.92 Å². The first-order valence-electron chi connectivity index (χ1n) is 6.59. The van der Waals surface area contributed by atoms with E-state index < -0.39 is 0 Å². The van der Waals surface area contributed by atoms with Crippen LogP contribution in [-0.2, 0) is 6.42 Å². The molecular formula is C15H24ClN. The summed E-state index contributed by atoms with van der Waals surface area (Å²) in [7, 11) is 0. The zero-order chi connectivity index (χ0) is 12.5. The SMILES string of the molecule is CCCC(C)CNC(CCl)Cc1ccccc1. The molecule has 2 heteroatoms. The van der Waals surface area contributed by atoms with Crippen LogP contribution in [-0.4, -0.2) is 18.5 Å². The Morgan fingerprint density at radius 2 is 1.94 bits per heavy atom. The van der Waals surface area contributed by atoms with Crippen LogP contribution in [0.5, 0.6) is 0 Å². The van der Waals surface area contributed by atoms with Gasteiger partial charge in [0.25, 0.3) is 0 Å². The van der Waals surface area contributed by atoms with Gasteiger partial charge in [0.1, 0.15) is 0 Å². The molecule has 0 heterocycles. The normalized spacial score (nSPS) is 14.5. The zero-order valence-electron chi connectivity index (χ0n) is 11.0. The largest absolute Gasteiger partial charge is 0.312 e. The van der Waals surface area contributed by atoms with E-state index in [1.807, 2.05) is 0 Å². The van der Waals surface area contributed by atoms with Crippen LogP contribution in [0.2, 0.25) is 0 Å². The van der Waals surface area contributed by atoms with E-state index in [9.17, 15) is 0 Å². The Balaban J connectivity index is 2.34. The third kappa shape index (κ3) is 6.09. The lowest BCUT2D eigenvalue weighted by Crippen LogP contribution is -2.35. The van der Waals surface area contributed by atoms with Crippen molar-refractivity contribution in [3.63, 3.8) is 0 Å². The van der Waals surface area contributed by atoms with Gasteiger partial charge < -0.3 is 5.32 Å². The highest BCUT2D eigenvalue weighted by Gasteiger charge is 2.09. The summed E-state index contributed by atoms with van der Waals surface area (Å²) >= 11 is 6.02. The predicted molar refractivity (Wildman–Crippen MR) is 76.7 cm³/mol. The van der Waals surface area contributed by atoms with Crippen LogP contribution in [0.15, 0.2) is 30.3 Å². The van der Waals surface area contributed by atoms with E-state index in [-0.39, 0.29) is 0 Å². The Hall–Kier alpha value is -0.530. The molecule has 0 aliphatic heterocycles. The fraction of sp³-hybridized carbons (Fsp3) is 0.600. The number of halogens is 1. The maximum atomic E-state index is 6.02. The molecule has 1 nitrogen and oxygen atoms in total. The highest BCUT2D eigenvalue weighted by Crippen LogP contribution is 2.07. The molecule has 1 rings (SSSR count). The first-order chi connectivity index (χ1) is 8.26. The van der Waals surface area contributed by atoms with Crippen LogP contribution in [0.1, 0.15) is 32.3 Å². The number of benzene rings is 1. The van der Waals surface area contributed by atoms with Crippen molar-refractivity contribution in [1.82, 2.24) is 5.32 Å². The summed E-state index contributed by atoms with van der Waals surface area (Å²) in [6, 6.07) is 10.9. The number of alkyl halides is 1. The molecule has 1 aromatic rings. The molecule has 0 aliphatic carbocycles. The molecule has 0 fully saturated rings. The molecule has 0 aromatic heterocycles. The minimum Gasteiger partial charge on any atom is -0.312 e. The second-order valence-corrected chi connectivity index (χ2v) is 5.15. The molecule has 2 atom stereocenters. The van der Waals surface area contributed by atoms with Crippen molar-refractivity contribution in [3.8, 4) is 0 Å². The van der Waals surface area contributed by atoms with Gasteiger partial charge >= 0.3 is 0 Å². The molecule has 2 unspecified atom stereocenters. The molecule has 96 valence electrons. The van der Waals surface area contributed by atoms with Crippen molar-refractivity contribution < 1.29 is 0 Å². The van der Waals surface area contributed by atoms with Gasteiger partial charge in [-0.2, -0.15) is 0 Å². The third-order valence-electron chi connectivity index (χ3n) is 3.05. The summed E-state index contributed by atoms with van der Waals surface area (Å²) in [6.45, 7) is 5.60. The Bertz CT molecular complexity index is 286. The molecular weight excluding hydrogens is 230 g/mol. The van der Waals surface area contributed by atoms with Gasteiger partial charge in [-0.1, -0.05) is 50.6 Å². The average molecular weight is 254 g/mol.